The molecule has 0 amide bonds. The third-order valence-corrected chi connectivity index (χ3v) is 5.05. The lowest BCUT2D eigenvalue weighted by molar-refractivity contribution is 0.318. The van der Waals surface area contributed by atoms with E-state index in [1.165, 1.54) is 34.2 Å². The number of benzene rings is 2. The first-order valence-corrected chi connectivity index (χ1v) is 9.07. The average Bonchev–Trinajstić information content (AvgIpc) is 3.23. The summed E-state index contributed by atoms with van der Waals surface area (Å²) in [6.07, 6.45) is 1.98. The molecule has 0 fully saturated rings. The molecule has 0 saturated carbocycles. The summed E-state index contributed by atoms with van der Waals surface area (Å²) in [5.41, 5.74) is 6.65. The van der Waals surface area contributed by atoms with Crippen LogP contribution in [-0.4, -0.2) is 26.7 Å². The highest BCUT2D eigenvalue weighted by Crippen LogP contribution is 2.22. The molecule has 4 rings (SSSR count). The molecule has 4 aromatic rings. The molecule has 138 valence electrons. The number of rotatable bonds is 5. The van der Waals surface area contributed by atoms with Crippen LogP contribution in [0.3, 0.4) is 0 Å². The minimum atomic E-state index is -0.237. The van der Waals surface area contributed by atoms with Gasteiger partial charge in [-0.2, -0.15) is 5.10 Å². The fraction of sp³-hybridized carbons (Fsp3) is 0.227. The van der Waals surface area contributed by atoms with Gasteiger partial charge in [0.2, 0.25) is 0 Å². The summed E-state index contributed by atoms with van der Waals surface area (Å²) in [5, 5.41) is 5.91. The lowest BCUT2D eigenvalue weighted by atomic mass is 10.1. The molecule has 2 heterocycles. The van der Waals surface area contributed by atoms with Crippen molar-refractivity contribution in [1.82, 2.24) is 19.7 Å². The van der Waals surface area contributed by atoms with Crippen molar-refractivity contribution in [1.29, 1.82) is 0 Å². The van der Waals surface area contributed by atoms with Crippen LogP contribution in [0.25, 0.3) is 16.6 Å². The van der Waals surface area contributed by atoms with Crippen molar-refractivity contribution in [3.05, 3.63) is 83.1 Å². The molecule has 4 nitrogen and oxygen atoms in total. The number of para-hydroxylation sites is 1. The first kappa shape index (κ1) is 17.5. The monoisotopic (exact) mass is 362 g/mol. The second-order valence-electron chi connectivity index (χ2n) is 7.07. The fourth-order valence-corrected chi connectivity index (χ4v) is 3.64. The summed E-state index contributed by atoms with van der Waals surface area (Å²) in [4.78, 5) is 5.63. The number of aromatic nitrogens is 3. The minimum Gasteiger partial charge on any atom is -0.361 e. The molecule has 2 aromatic carbocycles. The average molecular weight is 362 g/mol. The van der Waals surface area contributed by atoms with Crippen LogP contribution in [-0.2, 0) is 13.1 Å². The molecule has 0 aliphatic heterocycles. The second-order valence-corrected chi connectivity index (χ2v) is 7.07. The molecule has 0 bridgehead atoms. The molecule has 2 aromatic heterocycles. The Kier molecular flexibility index (Phi) is 4.54. The van der Waals surface area contributed by atoms with Gasteiger partial charge in [0.25, 0.3) is 0 Å². The van der Waals surface area contributed by atoms with E-state index in [1.807, 2.05) is 17.8 Å². The Morgan fingerprint density at radius 3 is 2.59 bits per heavy atom. The summed E-state index contributed by atoms with van der Waals surface area (Å²) in [7, 11) is 2.12. The van der Waals surface area contributed by atoms with Crippen LogP contribution in [0.1, 0.15) is 22.5 Å². The topological polar surface area (TPSA) is 36.9 Å². The van der Waals surface area contributed by atoms with E-state index in [2.05, 4.69) is 53.2 Å². The second kappa shape index (κ2) is 7.00. The van der Waals surface area contributed by atoms with Crippen molar-refractivity contribution in [2.75, 3.05) is 7.05 Å². The third-order valence-electron chi connectivity index (χ3n) is 5.05. The van der Waals surface area contributed by atoms with E-state index in [0.717, 1.165) is 30.2 Å². The Labute approximate surface area is 158 Å². The minimum absolute atomic E-state index is 0.237. The smallest absolute Gasteiger partial charge is 0.123 e. The maximum absolute atomic E-state index is 13.2. The molecule has 1 N–H and O–H groups in total. The van der Waals surface area contributed by atoms with E-state index in [0.29, 0.717) is 0 Å². The Balaban J connectivity index is 1.57. The maximum Gasteiger partial charge on any atom is 0.123 e. The SMILES string of the molecule is Cc1nn(-c2ccc(F)cc2)c(C)c1CN(C)Cc1cccc2cc[nH]c12. The van der Waals surface area contributed by atoms with Gasteiger partial charge in [0.05, 0.1) is 11.4 Å². The first-order chi connectivity index (χ1) is 13.0. The first-order valence-electron chi connectivity index (χ1n) is 9.07. The molecule has 0 spiro atoms. The molecule has 27 heavy (non-hydrogen) atoms. The summed E-state index contributed by atoms with van der Waals surface area (Å²) in [6, 6.07) is 14.9. The largest absolute Gasteiger partial charge is 0.361 e. The zero-order valence-electron chi connectivity index (χ0n) is 15.8. The molecular formula is C22H23FN4. The standard InChI is InChI=1S/C22H23FN4/c1-15-21(16(2)27(25-15)20-9-7-19(23)8-10-20)14-26(3)13-18-6-4-5-17-11-12-24-22(17)18/h4-12,24H,13-14H2,1-3H3. The number of H-pyrrole nitrogens is 1. The number of halogens is 1. The number of hydrogen-bond donors (Lipinski definition) is 1. The van der Waals surface area contributed by atoms with E-state index in [1.54, 1.807) is 12.1 Å². The highest BCUT2D eigenvalue weighted by Gasteiger charge is 2.15. The van der Waals surface area contributed by atoms with E-state index in [9.17, 15) is 4.39 Å². The van der Waals surface area contributed by atoms with Gasteiger partial charge in [0.1, 0.15) is 5.82 Å². The highest BCUT2D eigenvalue weighted by molar-refractivity contribution is 5.82. The molecule has 0 aliphatic rings. The van der Waals surface area contributed by atoms with Crippen LogP contribution < -0.4 is 0 Å². The molecular weight excluding hydrogens is 339 g/mol. The number of hydrogen-bond acceptors (Lipinski definition) is 2. The van der Waals surface area contributed by atoms with Crippen molar-refractivity contribution in [2.45, 2.75) is 26.9 Å². The number of aromatic amines is 1. The van der Waals surface area contributed by atoms with Crippen molar-refractivity contribution in [3.63, 3.8) is 0 Å². The third kappa shape index (κ3) is 3.38. The van der Waals surface area contributed by atoms with Crippen LogP contribution >= 0.6 is 0 Å². The van der Waals surface area contributed by atoms with Crippen LogP contribution in [0.2, 0.25) is 0 Å². The summed E-state index contributed by atoms with van der Waals surface area (Å²) in [6.45, 7) is 5.74. The zero-order valence-corrected chi connectivity index (χ0v) is 15.8. The van der Waals surface area contributed by atoms with Gasteiger partial charge in [0.15, 0.2) is 0 Å². The predicted octanol–water partition coefficient (Wildman–Crippen LogP) is 4.74. The van der Waals surface area contributed by atoms with E-state index < -0.39 is 0 Å². The molecule has 0 unspecified atom stereocenters. The zero-order chi connectivity index (χ0) is 19.0. The van der Waals surface area contributed by atoms with Gasteiger partial charge in [0, 0.05) is 36.1 Å². The Morgan fingerprint density at radius 1 is 1.04 bits per heavy atom. The Bertz CT molecular complexity index is 1080. The van der Waals surface area contributed by atoms with Gasteiger partial charge < -0.3 is 4.98 Å². The van der Waals surface area contributed by atoms with Gasteiger partial charge >= 0.3 is 0 Å². The number of nitrogens with one attached hydrogen (secondary N) is 1. The molecule has 0 saturated heterocycles. The van der Waals surface area contributed by atoms with Gasteiger partial charge in [-0.3, -0.25) is 4.90 Å². The summed E-state index contributed by atoms with van der Waals surface area (Å²) < 4.78 is 15.1. The normalized spacial score (nSPS) is 11.6. The molecule has 5 heteroatoms. The van der Waals surface area contributed by atoms with Crippen molar-refractivity contribution in [2.24, 2.45) is 0 Å². The van der Waals surface area contributed by atoms with Crippen LogP contribution in [0.4, 0.5) is 4.39 Å². The number of nitrogens with zero attached hydrogens (tertiary/aromatic N) is 3. The van der Waals surface area contributed by atoms with Gasteiger partial charge in [-0.05, 0) is 62.2 Å². The lowest BCUT2D eigenvalue weighted by Crippen LogP contribution is -2.18. The van der Waals surface area contributed by atoms with Crippen LogP contribution in [0, 0.1) is 19.7 Å². The van der Waals surface area contributed by atoms with E-state index in [-0.39, 0.29) is 5.82 Å². The molecule has 0 atom stereocenters. The lowest BCUT2D eigenvalue weighted by Gasteiger charge is -2.18. The molecule has 0 aliphatic carbocycles. The number of fused-ring (bicyclic) bond motifs is 1. The predicted molar refractivity (Wildman–Crippen MR) is 106 cm³/mol. The fourth-order valence-electron chi connectivity index (χ4n) is 3.64. The summed E-state index contributed by atoms with van der Waals surface area (Å²) in [5.74, 6) is -0.237. The van der Waals surface area contributed by atoms with Gasteiger partial charge in [-0.1, -0.05) is 18.2 Å². The maximum atomic E-state index is 13.2. The Morgan fingerprint density at radius 2 is 1.81 bits per heavy atom. The van der Waals surface area contributed by atoms with Crippen molar-refractivity contribution < 1.29 is 4.39 Å². The van der Waals surface area contributed by atoms with Crippen molar-refractivity contribution >= 4 is 10.9 Å². The quantitative estimate of drug-likeness (QED) is 0.557. The Hall–Kier alpha value is -2.92. The van der Waals surface area contributed by atoms with E-state index >= 15 is 0 Å². The van der Waals surface area contributed by atoms with Gasteiger partial charge in [-0.25, -0.2) is 9.07 Å². The van der Waals surface area contributed by atoms with Gasteiger partial charge in [-0.15, -0.1) is 0 Å². The molecule has 0 radical (unpaired) electrons. The summed E-state index contributed by atoms with van der Waals surface area (Å²) >= 11 is 0. The van der Waals surface area contributed by atoms with E-state index in [4.69, 9.17) is 0 Å². The number of aryl methyl sites for hydroxylation is 1. The van der Waals surface area contributed by atoms with Crippen LogP contribution in [0.5, 0.6) is 0 Å². The van der Waals surface area contributed by atoms with Crippen LogP contribution in [0.15, 0.2) is 54.7 Å². The highest BCUT2D eigenvalue weighted by atomic mass is 19.1. The van der Waals surface area contributed by atoms with Crippen molar-refractivity contribution in [3.8, 4) is 5.69 Å².